The lowest BCUT2D eigenvalue weighted by atomic mass is 10.0. The summed E-state index contributed by atoms with van der Waals surface area (Å²) in [7, 11) is 0. The van der Waals surface area contributed by atoms with Gasteiger partial charge in [0, 0.05) is 19.3 Å². The third-order valence-electron chi connectivity index (χ3n) is 14.0. The molecule has 0 aliphatic rings. The summed E-state index contributed by atoms with van der Waals surface area (Å²) in [6.07, 6.45) is 89.5. The van der Waals surface area contributed by atoms with E-state index < -0.39 is 6.10 Å². The molecule has 0 aliphatic heterocycles. The summed E-state index contributed by atoms with van der Waals surface area (Å²) in [4.78, 5) is 38.3. The van der Waals surface area contributed by atoms with Gasteiger partial charge in [-0.3, -0.25) is 14.4 Å². The van der Waals surface area contributed by atoms with Gasteiger partial charge in [-0.2, -0.15) is 0 Å². The van der Waals surface area contributed by atoms with Gasteiger partial charge in [0.2, 0.25) is 0 Å². The van der Waals surface area contributed by atoms with E-state index in [0.717, 1.165) is 122 Å². The van der Waals surface area contributed by atoms with Crippen molar-refractivity contribution in [1.29, 1.82) is 0 Å². The predicted octanol–water partition coefficient (Wildman–Crippen LogP) is 22.6. The van der Waals surface area contributed by atoms with Crippen molar-refractivity contribution in [1.82, 2.24) is 0 Å². The maximum atomic E-state index is 12.9. The normalized spacial score (nSPS) is 12.8. The average Bonchev–Trinajstić information content (AvgIpc) is 3.44. The van der Waals surface area contributed by atoms with Crippen LogP contribution in [0.15, 0.2) is 109 Å². The van der Waals surface area contributed by atoms with Crippen LogP contribution in [0.3, 0.4) is 0 Å². The summed E-state index contributed by atoms with van der Waals surface area (Å²) >= 11 is 0. The maximum Gasteiger partial charge on any atom is 0.306 e. The third-order valence-corrected chi connectivity index (χ3v) is 14.0. The van der Waals surface area contributed by atoms with Crippen molar-refractivity contribution in [3.05, 3.63) is 109 Å². The molecule has 446 valence electrons. The minimum absolute atomic E-state index is 0.0820. The van der Waals surface area contributed by atoms with Gasteiger partial charge in [-0.15, -0.1) is 0 Å². The van der Waals surface area contributed by atoms with E-state index in [-0.39, 0.29) is 31.1 Å². The van der Waals surface area contributed by atoms with Crippen LogP contribution >= 0.6 is 0 Å². The first-order chi connectivity index (χ1) is 38.5. The topological polar surface area (TPSA) is 78.9 Å². The van der Waals surface area contributed by atoms with Crippen molar-refractivity contribution in [3.63, 3.8) is 0 Å². The van der Waals surface area contributed by atoms with Gasteiger partial charge >= 0.3 is 17.9 Å². The van der Waals surface area contributed by atoms with E-state index in [4.69, 9.17) is 14.2 Å². The molecular weight excluding hydrogens is 961 g/mol. The highest BCUT2D eigenvalue weighted by molar-refractivity contribution is 5.71. The van der Waals surface area contributed by atoms with Crippen molar-refractivity contribution >= 4 is 17.9 Å². The van der Waals surface area contributed by atoms with E-state index in [0.29, 0.717) is 19.3 Å². The number of esters is 3. The Labute approximate surface area is 482 Å². The Bertz CT molecular complexity index is 1570. The van der Waals surface area contributed by atoms with Gasteiger partial charge in [-0.1, -0.05) is 291 Å². The van der Waals surface area contributed by atoms with Gasteiger partial charge in [0.1, 0.15) is 13.2 Å². The molecule has 0 aliphatic carbocycles. The standard InChI is InChI=1S/C72H122O6/c1-4-7-10-13-16-19-22-25-27-29-30-31-32-33-34-35-36-37-38-39-40-41-42-44-45-47-50-53-56-59-62-65-71(74)77-68-69(67-76-70(73)64-61-58-55-52-49-24-21-18-15-12-9-6-3)78-72(75)66-63-60-57-54-51-48-46-43-28-26-23-20-17-14-11-8-5-2/h7,10,16,19,25-28,30-31,33-34,36-37,39-40,42,44,69H,4-6,8-9,11-15,17-18,20-24,29,32,35,38,41,43,45-68H2,1-3H3/b10-7-,19-16-,27-25-,28-26-,31-30-,34-33-,37-36-,40-39-,44-42-. The first-order valence-corrected chi connectivity index (χ1v) is 32.9. The second kappa shape index (κ2) is 65.6. The fourth-order valence-corrected chi connectivity index (χ4v) is 9.10. The minimum Gasteiger partial charge on any atom is -0.462 e. The molecule has 78 heavy (non-hydrogen) atoms. The van der Waals surface area contributed by atoms with Gasteiger partial charge in [0.05, 0.1) is 0 Å². The molecule has 0 N–H and O–H groups in total. The van der Waals surface area contributed by atoms with Crippen molar-refractivity contribution in [2.45, 2.75) is 316 Å². The molecule has 0 amide bonds. The van der Waals surface area contributed by atoms with Crippen LogP contribution in [-0.2, 0) is 28.6 Å². The Kier molecular flexibility index (Phi) is 62.3. The molecule has 0 heterocycles. The number of carbonyl (C=O) groups is 3. The van der Waals surface area contributed by atoms with E-state index in [1.807, 2.05) is 0 Å². The summed E-state index contributed by atoms with van der Waals surface area (Å²) in [5, 5.41) is 0. The summed E-state index contributed by atoms with van der Waals surface area (Å²) < 4.78 is 16.9. The molecule has 1 unspecified atom stereocenters. The first kappa shape index (κ1) is 74.1. The monoisotopic (exact) mass is 1080 g/mol. The van der Waals surface area contributed by atoms with Gasteiger partial charge in [0.15, 0.2) is 6.10 Å². The first-order valence-electron chi connectivity index (χ1n) is 32.9. The second-order valence-corrected chi connectivity index (χ2v) is 21.6. The number of hydrogen-bond acceptors (Lipinski definition) is 6. The lowest BCUT2D eigenvalue weighted by Crippen LogP contribution is -2.30. The SMILES string of the molecule is CC/C=C\C/C=C\C/C=C\C/C=C\C/C=C\C/C=C\C/C=C\C/C=C\CCCCCCCCC(=O)OCC(COC(=O)CCCCCCCCCCCCCC)OC(=O)CCCCCCCCC/C=C\CCCCCCCC. The van der Waals surface area contributed by atoms with Gasteiger partial charge in [0.25, 0.3) is 0 Å². The van der Waals surface area contributed by atoms with Crippen LogP contribution in [0.5, 0.6) is 0 Å². The van der Waals surface area contributed by atoms with Gasteiger partial charge in [-0.05, 0) is 109 Å². The highest BCUT2D eigenvalue weighted by Gasteiger charge is 2.19. The average molecular weight is 1080 g/mol. The number of hydrogen-bond donors (Lipinski definition) is 0. The lowest BCUT2D eigenvalue weighted by Gasteiger charge is -2.18. The predicted molar refractivity (Wildman–Crippen MR) is 339 cm³/mol. The quantitative estimate of drug-likeness (QED) is 0.0261. The Morgan fingerprint density at radius 2 is 0.500 bits per heavy atom. The Hall–Kier alpha value is -3.93. The summed E-state index contributed by atoms with van der Waals surface area (Å²) in [5.41, 5.74) is 0. The summed E-state index contributed by atoms with van der Waals surface area (Å²) in [5.74, 6) is -0.893. The van der Waals surface area contributed by atoms with Crippen molar-refractivity contribution < 1.29 is 28.6 Å². The van der Waals surface area contributed by atoms with Crippen LogP contribution in [0, 0.1) is 0 Å². The minimum atomic E-state index is -0.786. The zero-order valence-corrected chi connectivity index (χ0v) is 51.2. The zero-order valence-electron chi connectivity index (χ0n) is 51.2. The highest BCUT2D eigenvalue weighted by atomic mass is 16.6. The molecule has 0 fully saturated rings. The smallest absolute Gasteiger partial charge is 0.306 e. The van der Waals surface area contributed by atoms with Crippen LogP contribution in [0.25, 0.3) is 0 Å². The third kappa shape index (κ3) is 62.9. The number of rotatable bonds is 59. The molecule has 6 nitrogen and oxygen atoms in total. The van der Waals surface area contributed by atoms with E-state index in [2.05, 4.69) is 130 Å². The van der Waals surface area contributed by atoms with Crippen LogP contribution in [0.4, 0.5) is 0 Å². The van der Waals surface area contributed by atoms with Crippen LogP contribution in [0.2, 0.25) is 0 Å². The second-order valence-electron chi connectivity index (χ2n) is 21.6. The fraction of sp³-hybridized carbons (Fsp3) is 0.708. The zero-order chi connectivity index (χ0) is 56.4. The Balaban J connectivity index is 4.31. The number of unbranched alkanes of at least 4 members (excludes halogenated alkanes) is 30. The highest BCUT2D eigenvalue weighted by Crippen LogP contribution is 2.16. The number of allylic oxidation sites excluding steroid dienone is 18. The van der Waals surface area contributed by atoms with Crippen LogP contribution in [0.1, 0.15) is 310 Å². The molecule has 1 atom stereocenters. The van der Waals surface area contributed by atoms with E-state index in [1.54, 1.807) is 0 Å². The number of ether oxygens (including phenoxy) is 3. The molecular formula is C72H122O6. The molecule has 6 heteroatoms. The molecule has 0 rings (SSSR count). The van der Waals surface area contributed by atoms with Crippen LogP contribution in [-0.4, -0.2) is 37.2 Å². The Morgan fingerprint density at radius 1 is 0.269 bits per heavy atom. The molecule has 0 spiro atoms. The maximum absolute atomic E-state index is 12.9. The molecule has 0 aromatic carbocycles. The lowest BCUT2D eigenvalue weighted by molar-refractivity contribution is -0.167. The molecule has 0 saturated carbocycles. The summed E-state index contributed by atoms with van der Waals surface area (Å²) in [6, 6.07) is 0. The molecule has 0 saturated heterocycles. The molecule has 0 aromatic rings. The van der Waals surface area contributed by atoms with Gasteiger partial charge in [-0.25, -0.2) is 0 Å². The van der Waals surface area contributed by atoms with Crippen LogP contribution < -0.4 is 0 Å². The number of carbonyl (C=O) groups excluding carboxylic acids is 3. The molecule has 0 aromatic heterocycles. The van der Waals surface area contributed by atoms with E-state index in [1.165, 1.54) is 148 Å². The van der Waals surface area contributed by atoms with E-state index >= 15 is 0 Å². The van der Waals surface area contributed by atoms with Crippen molar-refractivity contribution in [2.75, 3.05) is 13.2 Å². The molecule has 0 bridgehead atoms. The van der Waals surface area contributed by atoms with E-state index in [9.17, 15) is 14.4 Å². The largest absolute Gasteiger partial charge is 0.462 e. The molecule has 0 radical (unpaired) electrons. The fourth-order valence-electron chi connectivity index (χ4n) is 9.10. The van der Waals surface area contributed by atoms with Crippen molar-refractivity contribution in [2.24, 2.45) is 0 Å². The van der Waals surface area contributed by atoms with Gasteiger partial charge < -0.3 is 14.2 Å². The summed E-state index contributed by atoms with van der Waals surface area (Å²) in [6.45, 7) is 6.52. The Morgan fingerprint density at radius 3 is 0.795 bits per heavy atom. The van der Waals surface area contributed by atoms with Crippen molar-refractivity contribution in [3.8, 4) is 0 Å².